The molecule has 9 nitrogen and oxygen atoms in total. The highest BCUT2D eigenvalue weighted by Crippen LogP contribution is 2.27. The van der Waals surface area contributed by atoms with Crippen molar-refractivity contribution >= 4 is 40.9 Å². The van der Waals surface area contributed by atoms with Gasteiger partial charge in [0.15, 0.2) is 0 Å². The minimum absolute atomic E-state index is 0.0304. The van der Waals surface area contributed by atoms with Gasteiger partial charge in [0.2, 0.25) is 5.95 Å². The number of carbonyl (C=O) groups is 2. The summed E-state index contributed by atoms with van der Waals surface area (Å²) in [5.41, 5.74) is 15.5. The van der Waals surface area contributed by atoms with Gasteiger partial charge in [0.1, 0.15) is 11.4 Å². The highest BCUT2D eigenvalue weighted by atomic mass is 35.5. The van der Waals surface area contributed by atoms with Crippen LogP contribution in [0.1, 0.15) is 57.5 Å². The van der Waals surface area contributed by atoms with E-state index < -0.39 is 5.91 Å². The Hall–Kier alpha value is -3.69. The number of hydrogen-bond acceptors (Lipinski definition) is 7. The van der Waals surface area contributed by atoms with Crippen molar-refractivity contribution in [2.75, 3.05) is 17.2 Å². The van der Waals surface area contributed by atoms with Crippen molar-refractivity contribution in [1.29, 1.82) is 0 Å². The topological polar surface area (TPSA) is 139 Å². The molecule has 1 aliphatic heterocycles. The van der Waals surface area contributed by atoms with Gasteiger partial charge in [0.25, 0.3) is 11.8 Å². The highest BCUT2D eigenvalue weighted by molar-refractivity contribution is 6.30. The van der Waals surface area contributed by atoms with E-state index in [4.69, 9.17) is 23.1 Å². The lowest BCUT2D eigenvalue weighted by atomic mass is 9.91. The van der Waals surface area contributed by atoms with Gasteiger partial charge < -0.3 is 27.0 Å². The van der Waals surface area contributed by atoms with E-state index in [-0.39, 0.29) is 23.6 Å². The monoisotopic (exact) mass is 519 g/mol. The first kappa shape index (κ1) is 25.0. The summed E-state index contributed by atoms with van der Waals surface area (Å²) < 4.78 is 0. The second kappa shape index (κ2) is 10.7. The number of benzene rings is 2. The average Bonchev–Trinajstić information content (AvgIpc) is 2.89. The standard InChI is InChI=1S/C27H30ClN7O2/c28-19-5-3-4-17(12-19)26(37)35-11-10-16-8-9-20(13-18(16)15-35)32-25-21(24(30)36)14-31-27(34-25)33-23-7-2-1-6-22(23)29/h3-5,8-9,12-14,22-23H,1-2,6-7,10-11,15,29H2,(H2,30,36)(H2,31,32,33,34)/t22-,23+/m0/s1. The molecule has 1 saturated carbocycles. The van der Waals surface area contributed by atoms with Crippen molar-refractivity contribution in [3.8, 4) is 0 Å². The molecule has 6 N–H and O–H groups in total. The normalized spacial score (nSPS) is 19.1. The van der Waals surface area contributed by atoms with Crippen LogP contribution in [0.2, 0.25) is 5.02 Å². The van der Waals surface area contributed by atoms with Crippen molar-refractivity contribution < 1.29 is 9.59 Å². The zero-order valence-corrected chi connectivity index (χ0v) is 21.2. The molecule has 0 bridgehead atoms. The molecule has 2 amide bonds. The second-order valence-corrected chi connectivity index (χ2v) is 10.1. The summed E-state index contributed by atoms with van der Waals surface area (Å²) in [6.45, 7) is 1.09. The first-order valence-electron chi connectivity index (χ1n) is 12.5. The van der Waals surface area contributed by atoms with Gasteiger partial charge in [-0.05, 0) is 60.7 Å². The number of fused-ring (bicyclic) bond motifs is 1. The second-order valence-electron chi connectivity index (χ2n) is 9.61. The average molecular weight is 520 g/mol. The zero-order valence-electron chi connectivity index (χ0n) is 20.4. The molecule has 1 fully saturated rings. The molecule has 3 aromatic rings. The van der Waals surface area contributed by atoms with Gasteiger partial charge in [-0.1, -0.05) is 36.6 Å². The maximum Gasteiger partial charge on any atom is 0.254 e. The molecule has 0 radical (unpaired) electrons. The van der Waals surface area contributed by atoms with Crippen molar-refractivity contribution in [3.05, 3.63) is 75.9 Å². The number of rotatable bonds is 6. The van der Waals surface area contributed by atoms with Crippen molar-refractivity contribution in [3.63, 3.8) is 0 Å². The Morgan fingerprint density at radius 2 is 1.92 bits per heavy atom. The third-order valence-corrected chi connectivity index (χ3v) is 7.26. The minimum atomic E-state index is -0.625. The zero-order chi connectivity index (χ0) is 25.9. The van der Waals surface area contributed by atoms with Gasteiger partial charge in [-0.3, -0.25) is 9.59 Å². The van der Waals surface area contributed by atoms with E-state index in [0.717, 1.165) is 43.4 Å². The fourth-order valence-corrected chi connectivity index (χ4v) is 5.17. The molecular formula is C27H30ClN7O2. The van der Waals surface area contributed by atoms with E-state index in [2.05, 4.69) is 20.6 Å². The Balaban J connectivity index is 1.36. The van der Waals surface area contributed by atoms with Crippen LogP contribution in [-0.4, -0.2) is 45.3 Å². The van der Waals surface area contributed by atoms with Crippen LogP contribution in [0.5, 0.6) is 0 Å². The Morgan fingerprint density at radius 1 is 1.08 bits per heavy atom. The van der Waals surface area contributed by atoms with Crippen LogP contribution in [0.15, 0.2) is 48.7 Å². The molecule has 2 aliphatic rings. The van der Waals surface area contributed by atoms with Crippen molar-refractivity contribution in [2.24, 2.45) is 11.5 Å². The molecule has 2 heterocycles. The number of anilines is 3. The molecule has 2 aromatic carbocycles. The lowest BCUT2D eigenvalue weighted by Crippen LogP contribution is -2.43. The van der Waals surface area contributed by atoms with Gasteiger partial charge in [-0.25, -0.2) is 4.98 Å². The SMILES string of the molecule is NC(=O)c1cnc(N[C@@H]2CCCC[C@@H]2N)nc1Nc1ccc2c(c1)CN(C(=O)c1cccc(Cl)c1)CC2. The van der Waals surface area contributed by atoms with E-state index in [1.807, 2.05) is 23.1 Å². The number of carbonyl (C=O) groups excluding carboxylic acids is 2. The summed E-state index contributed by atoms with van der Waals surface area (Å²) in [6.07, 6.45) is 6.29. The summed E-state index contributed by atoms with van der Waals surface area (Å²) in [5.74, 6) is 0.0257. The van der Waals surface area contributed by atoms with Crippen LogP contribution in [0.25, 0.3) is 0 Å². The molecule has 2 atom stereocenters. The minimum Gasteiger partial charge on any atom is -0.365 e. The molecular weight excluding hydrogens is 490 g/mol. The molecule has 1 aliphatic carbocycles. The lowest BCUT2D eigenvalue weighted by molar-refractivity contribution is 0.0734. The maximum absolute atomic E-state index is 13.0. The Labute approximate surface area is 220 Å². The van der Waals surface area contributed by atoms with Gasteiger partial charge in [0.05, 0.1) is 0 Å². The Bertz CT molecular complexity index is 1330. The van der Waals surface area contributed by atoms with E-state index in [9.17, 15) is 9.59 Å². The number of aromatic nitrogens is 2. The number of hydrogen-bond donors (Lipinski definition) is 4. The predicted molar refractivity (Wildman–Crippen MR) is 144 cm³/mol. The number of halogens is 1. The van der Waals surface area contributed by atoms with E-state index >= 15 is 0 Å². The van der Waals surface area contributed by atoms with Crippen LogP contribution in [-0.2, 0) is 13.0 Å². The van der Waals surface area contributed by atoms with E-state index in [1.165, 1.54) is 11.8 Å². The van der Waals surface area contributed by atoms with E-state index in [1.54, 1.807) is 24.3 Å². The molecule has 0 unspecified atom stereocenters. The summed E-state index contributed by atoms with van der Waals surface area (Å²) in [4.78, 5) is 35.8. The van der Waals surface area contributed by atoms with E-state index in [0.29, 0.717) is 35.4 Å². The Kier molecular flexibility index (Phi) is 7.25. The first-order valence-corrected chi connectivity index (χ1v) is 12.9. The molecule has 0 saturated heterocycles. The van der Waals surface area contributed by atoms with Gasteiger partial charge in [-0.15, -0.1) is 0 Å². The van der Waals surface area contributed by atoms with Gasteiger partial charge >= 0.3 is 0 Å². The first-order chi connectivity index (χ1) is 17.9. The largest absolute Gasteiger partial charge is 0.365 e. The predicted octanol–water partition coefficient (Wildman–Crippen LogP) is 3.85. The smallest absolute Gasteiger partial charge is 0.254 e. The summed E-state index contributed by atoms with van der Waals surface area (Å²) >= 11 is 6.08. The molecule has 37 heavy (non-hydrogen) atoms. The van der Waals surface area contributed by atoms with Crippen LogP contribution in [0, 0.1) is 0 Å². The van der Waals surface area contributed by atoms with Crippen LogP contribution in [0.4, 0.5) is 17.5 Å². The fourth-order valence-electron chi connectivity index (χ4n) is 4.98. The number of nitrogens with zero attached hydrogens (tertiary/aromatic N) is 3. The third kappa shape index (κ3) is 5.68. The summed E-state index contributed by atoms with van der Waals surface area (Å²) in [7, 11) is 0. The maximum atomic E-state index is 13.0. The molecule has 5 rings (SSSR count). The number of amides is 2. The molecule has 1 aromatic heterocycles. The van der Waals surface area contributed by atoms with Gasteiger partial charge in [0, 0.05) is 47.6 Å². The van der Waals surface area contributed by atoms with Crippen molar-refractivity contribution in [1.82, 2.24) is 14.9 Å². The Morgan fingerprint density at radius 3 is 2.70 bits per heavy atom. The summed E-state index contributed by atoms with van der Waals surface area (Å²) in [5, 5.41) is 7.08. The molecule has 0 spiro atoms. The lowest BCUT2D eigenvalue weighted by Gasteiger charge is -2.30. The molecule has 10 heteroatoms. The summed E-state index contributed by atoms with van der Waals surface area (Å²) in [6, 6.07) is 13.0. The van der Waals surface area contributed by atoms with Crippen LogP contribution >= 0.6 is 11.6 Å². The van der Waals surface area contributed by atoms with Crippen molar-refractivity contribution in [2.45, 2.75) is 50.7 Å². The van der Waals surface area contributed by atoms with Crippen LogP contribution < -0.4 is 22.1 Å². The number of nitrogens with one attached hydrogen (secondary N) is 2. The van der Waals surface area contributed by atoms with Crippen LogP contribution in [0.3, 0.4) is 0 Å². The van der Waals surface area contributed by atoms with Gasteiger partial charge in [-0.2, -0.15) is 4.98 Å². The highest BCUT2D eigenvalue weighted by Gasteiger charge is 2.24. The fraction of sp³-hybridized carbons (Fsp3) is 0.333. The quantitative estimate of drug-likeness (QED) is 0.388. The number of primary amides is 1. The third-order valence-electron chi connectivity index (χ3n) is 7.03. The number of nitrogens with two attached hydrogens (primary N) is 2. The molecule has 192 valence electrons.